The second kappa shape index (κ2) is 3.52. The summed E-state index contributed by atoms with van der Waals surface area (Å²) in [6.07, 6.45) is 0.811. The summed E-state index contributed by atoms with van der Waals surface area (Å²) in [7, 11) is 0. The zero-order chi connectivity index (χ0) is 11.0. The van der Waals surface area contributed by atoms with Gasteiger partial charge in [0.05, 0.1) is 12.2 Å². The Balaban J connectivity index is 2.79. The summed E-state index contributed by atoms with van der Waals surface area (Å²) in [5, 5.41) is 28.3. The van der Waals surface area contributed by atoms with E-state index in [-0.39, 0.29) is 17.8 Å². The Morgan fingerprint density at radius 2 is 1.93 bits per heavy atom. The van der Waals surface area contributed by atoms with Gasteiger partial charge in [-0.25, -0.2) is 0 Å². The average molecular weight is 197 g/mol. The second-order valence-electron chi connectivity index (χ2n) is 5.50. The Hall–Kier alpha value is -0.590. The number of rotatable bonds is 0. The molecule has 0 aromatic heterocycles. The molecule has 0 unspecified atom stereocenters. The fourth-order valence-electron chi connectivity index (χ4n) is 2.13. The van der Waals surface area contributed by atoms with Gasteiger partial charge in [-0.1, -0.05) is 20.8 Å². The highest BCUT2D eigenvalue weighted by atomic mass is 16.3. The standard InChI is InChI=1S/C11H19NO2/c1-10(2,3)8-4-9(13)6-11(14,5-8)7-12/h8-9,13-14H,4-6H2,1-3H3/t8-,9-,11+/m0/s1. The molecule has 0 spiro atoms. The van der Waals surface area contributed by atoms with E-state index in [0.717, 1.165) is 0 Å². The maximum atomic E-state index is 9.86. The van der Waals surface area contributed by atoms with Crippen LogP contribution in [0, 0.1) is 22.7 Å². The molecule has 80 valence electrons. The van der Waals surface area contributed by atoms with Crippen LogP contribution >= 0.6 is 0 Å². The van der Waals surface area contributed by atoms with Crippen LogP contribution in [0.1, 0.15) is 40.0 Å². The zero-order valence-electron chi connectivity index (χ0n) is 9.12. The molecule has 1 fully saturated rings. The maximum absolute atomic E-state index is 9.86. The van der Waals surface area contributed by atoms with Crippen molar-refractivity contribution in [3.05, 3.63) is 0 Å². The molecule has 1 aliphatic carbocycles. The van der Waals surface area contributed by atoms with Gasteiger partial charge in [0.2, 0.25) is 0 Å². The second-order valence-corrected chi connectivity index (χ2v) is 5.50. The van der Waals surface area contributed by atoms with Crippen LogP contribution in [0.25, 0.3) is 0 Å². The number of hydrogen-bond acceptors (Lipinski definition) is 3. The van der Waals surface area contributed by atoms with Crippen LogP contribution in [0.5, 0.6) is 0 Å². The molecule has 3 atom stereocenters. The van der Waals surface area contributed by atoms with Gasteiger partial charge in [0.1, 0.15) is 0 Å². The van der Waals surface area contributed by atoms with Gasteiger partial charge in [-0.05, 0) is 24.2 Å². The zero-order valence-corrected chi connectivity index (χ0v) is 9.12. The first-order valence-electron chi connectivity index (χ1n) is 5.08. The first-order chi connectivity index (χ1) is 6.27. The first-order valence-corrected chi connectivity index (χ1v) is 5.08. The minimum absolute atomic E-state index is 0.0340. The van der Waals surface area contributed by atoms with E-state index < -0.39 is 11.7 Å². The van der Waals surface area contributed by atoms with Crippen molar-refractivity contribution in [2.24, 2.45) is 11.3 Å². The van der Waals surface area contributed by atoms with E-state index in [1.54, 1.807) is 0 Å². The fourth-order valence-corrected chi connectivity index (χ4v) is 2.13. The minimum atomic E-state index is -1.32. The summed E-state index contributed by atoms with van der Waals surface area (Å²) in [6.45, 7) is 6.23. The van der Waals surface area contributed by atoms with Crippen LogP contribution in [0.4, 0.5) is 0 Å². The Morgan fingerprint density at radius 1 is 1.36 bits per heavy atom. The van der Waals surface area contributed by atoms with E-state index >= 15 is 0 Å². The molecule has 0 aromatic rings. The van der Waals surface area contributed by atoms with E-state index in [9.17, 15) is 10.2 Å². The molecule has 0 aromatic carbocycles. The minimum Gasteiger partial charge on any atom is -0.393 e. The maximum Gasteiger partial charge on any atom is 0.153 e. The van der Waals surface area contributed by atoms with Crippen molar-refractivity contribution in [3.8, 4) is 6.07 Å². The largest absolute Gasteiger partial charge is 0.393 e. The summed E-state index contributed by atoms with van der Waals surface area (Å²) >= 11 is 0. The molecule has 1 rings (SSSR count). The third kappa shape index (κ3) is 2.46. The van der Waals surface area contributed by atoms with Gasteiger partial charge in [0.15, 0.2) is 5.60 Å². The first kappa shape index (κ1) is 11.5. The Kier molecular flexibility index (Phi) is 2.89. The highest BCUT2D eigenvalue weighted by Crippen LogP contribution is 2.41. The van der Waals surface area contributed by atoms with Crippen molar-refractivity contribution in [1.29, 1.82) is 5.26 Å². The molecular weight excluding hydrogens is 178 g/mol. The van der Waals surface area contributed by atoms with E-state index in [1.165, 1.54) is 0 Å². The molecule has 1 saturated carbocycles. The summed E-state index contributed by atoms with van der Waals surface area (Å²) in [5.41, 5.74) is -1.29. The highest BCUT2D eigenvalue weighted by Gasteiger charge is 2.42. The number of nitriles is 1. The molecule has 0 saturated heterocycles. The van der Waals surface area contributed by atoms with Crippen molar-refractivity contribution in [1.82, 2.24) is 0 Å². The predicted molar refractivity (Wildman–Crippen MR) is 53.4 cm³/mol. The number of hydrogen-bond donors (Lipinski definition) is 2. The lowest BCUT2D eigenvalue weighted by molar-refractivity contribution is -0.0527. The number of aliphatic hydroxyl groups excluding tert-OH is 1. The Labute approximate surface area is 85.4 Å². The number of aliphatic hydroxyl groups is 2. The van der Waals surface area contributed by atoms with E-state index in [0.29, 0.717) is 12.8 Å². The fraction of sp³-hybridized carbons (Fsp3) is 0.909. The molecule has 0 bridgehead atoms. The average Bonchev–Trinajstić information content (AvgIpc) is 2.01. The van der Waals surface area contributed by atoms with Crippen molar-refractivity contribution < 1.29 is 10.2 Å². The summed E-state index contributed by atoms with van der Waals surface area (Å²) in [4.78, 5) is 0. The summed E-state index contributed by atoms with van der Waals surface area (Å²) in [6, 6.07) is 1.91. The van der Waals surface area contributed by atoms with Crippen molar-refractivity contribution in [2.45, 2.75) is 51.7 Å². The van der Waals surface area contributed by atoms with Crippen LogP contribution in [0.2, 0.25) is 0 Å². The van der Waals surface area contributed by atoms with Crippen LogP contribution in [-0.2, 0) is 0 Å². The van der Waals surface area contributed by atoms with E-state index in [1.807, 2.05) is 6.07 Å². The molecular formula is C11H19NO2. The van der Waals surface area contributed by atoms with Gasteiger partial charge in [-0.3, -0.25) is 0 Å². The molecule has 0 heterocycles. The normalized spacial score (nSPS) is 39.1. The van der Waals surface area contributed by atoms with Gasteiger partial charge in [0, 0.05) is 6.42 Å². The van der Waals surface area contributed by atoms with Gasteiger partial charge in [-0.2, -0.15) is 5.26 Å². The molecule has 3 heteroatoms. The van der Waals surface area contributed by atoms with Gasteiger partial charge in [-0.15, -0.1) is 0 Å². The van der Waals surface area contributed by atoms with E-state index in [2.05, 4.69) is 20.8 Å². The molecule has 3 nitrogen and oxygen atoms in total. The lowest BCUT2D eigenvalue weighted by Gasteiger charge is -2.41. The lowest BCUT2D eigenvalue weighted by Crippen LogP contribution is -2.43. The highest BCUT2D eigenvalue weighted by molar-refractivity contribution is 5.06. The lowest BCUT2D eigenvalue weighted by atomic mass is 9.67. The van der Waals surface area contributed by atoms with Gasteiger partial charge in [0.25, 0.3) is 0 Å². The third-order valence-electron chi connectivity index (χ3n) is 3.15. The molecule has 2 N–H and O–H groups in total. The molecule has 0 radical (unpaired) electrons. The monoisotopic (exact) mass is 197 g/mol. The molecule has 14 heavy (non-hydrogen) atoms. The molecule has 0 aliphatic heterocycles. The number of nitrogens with zero attached hydrogens (tertiary/aromatic N) is 1. The Bertz CT molecular complexity index is 251. The van der Waals surface area contributed by atoms with Crippen molar-refractivity contribution >= 4 is 0 Å². The third-order valence-corrected chi connectivity index (χ3v) is 3.15. The SMILES string of the molecule is CC(C)(C)[C@H]1C[C@H](O)C[C@@](O)(C#N)C1. The summed E-state index contributed by atoms with van der Waals surface area (Å²) < 4.78 is 0. The Morgan fingerprint density at radius 3 is 2.36 bits per heavy atom. The van der Waals surface area contributed by atoms with Crippen molar-refractivity contribution in [2.75, 3.05) is 0 Å². The summed E-state index contributed by atoms with van der Waals surface area (Å²) in [5.74, 6) is 0.205. The predicted octanol–water partition coefficient (Wildman–Crippen LogP) is 1.45. The smallest absolute Gasteiger partial charge is 0.153 e. The topological polar surface area (TPSA) is 64.2 Å². The van der Waals surface area contributed by atoms with Gasteiger partial charge >= 0.3 is 0 Å². The quantitative estimate of drug-likeness (QED) is 0.578. The van der Waals surface area contributed by atoms with Gasteiger partial charge < -0.3 is 10.2 Å². The van der Waals surface area contributed by atoms with Crippen LogP contribution in [0.3, 0.4) is 0 Å². The molecule has 1 aliphatic rings. The van der Waals surface area contributed by atoms with Crippen LogP contribution < -0.4 is 0 Å². The van der Waals surface area contributed by atoms with E-state index in [4.69, 9.17) is 5.26 Å². The van der Waals surface area contributed by atoms with Crippen LogP contribution in [0.15, 0.2) is 0 Å². The van der Waals surface area contributed by atoms with Crippen molar-refractivity contribution in [3.63, 3.8) is 0 Å². The molecule has 0 amide bonds. The van der Waals surface area contributed by atoms with Crippen LogP contribution in [-0.4, -0.2) is 21.9 Å².